The number of imide groups is 1. The van der Waals surface area contributed by atoms with E-state index in [0.717, 1.165) is 56.4 Å². The second-order valence-electron chi connectivity index (χ2n) is 12.9. The van der Waals surface area contributed by atoms with Crippen molar-refractivity contribution in [2.75, 3.05) is 25.0 Å². The predicted molar refractivity (Wildman–Crippen MR) is 177 cm³/mol. The minimum atomic E-state index is -0.437. The Morgan fingerprint density at radius 3 is 2.17 bits per heavy atom. The molecule has 2 atom stereocenters. The number of aryl methyl sites for hydroxylation is 1. The number of carbonyl (C=O) groups excluding carboxylic acids is 4. The van der Waals surface area contributed by atoms with Crippen molar-refractivity contribution >= 4 is 29.4 Å². The van der Waals surface area contributed by atoms with Crippen LogP contribution < -0.4 is 10.6 Å². The lowest BCUT2D eigenvalue weighted by Crippen LogP contribution is -2.63. The van der Waals surface area contributed by atoms with E-state index in [1.807, 2.05) is 37.3 Å². The summed E-state index contributed by atoms with van der Waals surface area (Å²) < 4.78 is 0. The van der Waals surface area contributed by atoms with Gasteiger partial charge in [-0.1, -0.05) is 73.0 Å². The molecule has 1 saturated carbocycles. The van der Waals surface area contributed by atoms with Gasteiger partial charge in [0.2, 0.25) is 11.8 Å². The number of anilines is 1. The molecule has 240 valence electrons. The van der Waals surface area contributed by atoms with Gasteiger partial charge < -0.3 is 15.5 Å². The predicted octanol–water partition coefficient (Wildman–Crippen LogP) is 5.35. The minimum absolute atomic E-state index is 0.0960. The fraction of sp³-hybridized carbons (Fsp3) is 0.405. The molecule has 1 aliphatic carbocycles. The average molecular weight is 622 g/mol. The Morgan fingerprint density at radius 2 is 1.46 bits per heavy atom. The van der Waals surface area contributed by atoms with Gasteiger partial charge in [-0.3, -0.25) is 24.2 Å². The van der Waals surface area contributed by atoms with Crippen LogP contribution in [0.3, 0.4) is 0 Å². The highest BCUT2D eigenvalue weighted by molar-refractivity contribution is 6.01. The van der Waals surface area contributed by atoms with Crippen LogP contribution in [-0.4, -0.2) is 70.2 Å². The van der Waals surface area contributed by atoms with Crippen LogP contribution in [0, 0.1) is 12.8 Å². The molecule has 3 aliphatic rings. The molecule has 2 aliphatic heterocycles. The number of carbonyl (C=O) groups is 4. The molecule has 0 aromatic heterocycles. The Bertz CT molecular complexity index is 1530. The number of piperidine rings is 1. The summed E-state index contributed by atoms with van der Waals surface area (Å²) in [6, 6.07) is 24.5. The van der Waals surface area contributed by atoms with Gasteiger partial charge in [0.25, 0.3) is 5.91 Å². The van der Waals surface area contributed by atoms with E-state index in [2.05, 4.69) is 39.8 Å². The van der Waals surface area contributed by atoms with Crippen molar-refractivity contribution in [3.05, 3.63) is 101 Å². The van der Waals surface area contributed by atoms with Gasteiger partial charge in [0.05, 0.1) is 12.5 Å². The zero-order chi connectivity index (χ0) is 32.0. The first-order valence-corrected chi connectivity index (χ1v) is 16.5. The molecule has 2 N–H and O–H groups in total. The van der Waals surface area contributed by atoms with Crippen LogP contribution in [-0.2, 0) is 22.7 Å². The molecule has 0 radical (unpaired) electrons. The molecule has 2 unspecified atom stereocenters. The van der Waals surface area contributed by atoms with Gasteiger partial charge in [0, 0.05) is 43.0 Å². The van der Waals surface area contributed by atoms with E-state index in [1.165, 1.54) is 10.5 Å². The molecule has 3 fully saturated rings. The quantitative estimate of drug-likeness (QED) is 0.336. The number of hydrogen-bond acceptors (Lipinski definition) is 5. The summed E-state index contributed by atoms with van der Waals surface area (Å²) >= 11 is 0. The molecule has 0 spiro atoms. The van der Waals surface area contributed by atoms with E-state index < -0.39 is 6.03 Å². The number of rotatable bonds is 9. The number of nitrogens with zero attached hydrogens (tertiary/aromatic N) is 3. The maximum absolute atomic E-state index is 13.7. The number of nitrogens with one attached hydrogen (secondary N) is 2. The Hall–Kier alpha value is -4.50. The van der Waals surface area contributed by atoms with E-state index in [0.29, 0.717) is 24.1 Å². The summed E-state index contributed by atoms with van der Waals surface area (Å²) in [5.41, 5.74) is 4.37. The highest BCUT2D eigenvalue weighted by atomic mass is 16.2. The summed E-state index contributed by atoms with van der Waals surface area (Å²) in [5, 5.41) is 6.07. The van der Waals surface area contributed by atoms with Crippen molar-refractivity contribution in [1.82, 2.24) is 20.0 Å². The maximum Gasteiger partial charge on any atom is 0.327 e. The molecule has 2 saturated heterocycles. The van der Waals surface area contributed by atoms with Gasteiger partial charge >= 0.3 is 6.03 Å². The van der Waals surface area contributed by atoms with Crippen molar-refractivity contribution in [1.29, 1.82) is 0 Å². The van der Waals surface area contributed by atoms with E-state index in [1.54, 1.807) is 29.2 Å². The molecule has 9 nitrogen and oxygen atoms in total. The topological polar surface area (TPSA) is 102 Å². The number of benzene rings is 3. The van der Waals surface area contributed by atoms with Gasteiger partial charge in [-0.2, -0.15) is 0 Å². The Labute approximate surface area is 270 Å². The largest absolute Gasteiger partial charge is 0.349 e. The van der Waals surface area contributed by atoms with Crippen LogP contribution in [0.5, 0.6) is 0 Å². The molecule has 9 heteroatoms. The summed E-state index contributed by atoms with van der Waals surface area (Å²) in [6.07, 6.45) is 5.06. The SMILES string of the molecule is Cc1ccc(NC(=O)CN2C(=O)N(Cc3ccc(C(=O)NC4CCN(Cc5ccccc5)CC4)cc3)C(=O)C3CCCCC32)cc1. The standard InChI is InChI=1S/C37H43N5O4/c1-26-11-17-30(18-12-26)38-34(43)25-41-33-10-6-5-9-32(33)36(45)42(37(41)46)24-28-13-15-29(16-14-28)35(44)39-31-19-21-40(22-20-31)23-27-7-3-2-4-8-27/h2-4,7-8,11-18,31-33H,5-6,9-10,19-25H2,1H3,(H,38,43)(H,39,44). The van der Waals surface area contributed by atoms with Crippen LogP contribution in [0.25, 0.3) is 0 Å². The number of hydrogen-bond donors (Lipinski definition) is 2. The average Bonchev–Trinajstić information content (AvgIpc) is 3.08. The zero-order valence-corrected chi connectivity index (χ0v) is 26.5. The van der Waals surface area contributed by atoms with Gasteiger partial charge in [0.15, 0.2) is 0 Å². The van der Waals surface area contributed by atoms with E-state index in [4.69, 9.17) is 0 Å². The third-order valence-corrected chi connectivity index (χ3v) is 9.57. The van der Waals surface area contributed by atoms with E-state index >= 15 is 0 Å². The fourth-order valence-corrected chi connectivity index (χ4v) is 6.98. The Morgan fingerprint density at radius 1 is 0.783 bits per heavy atom. The first-order valence-electron chi connectivity index (χ1n) is 16.5. The van der Waals surface area contributed by atoms with Gasteiger partial charge in [-0.25, -0.2) is 4.79 Å². The molecule has 6 rings (SSSR count). The third-order valence-electron chi connectivity index (χ3n) is 9.57. The highest BCUT2D eigenvalue weighted by Crippen LogP contribution is 2.35. The molecule has 2 heterocycles. The summed E-state index contributed by atoms with van der Waals surface area (Å²) in [6.45, 7) is 4.75. The monoisotopic (exact) mass is 621 g/mol. The van der Waals surface area contributed by atoms with Crippen molar-refractivity contribution in [2.45, 2.75) is 70.6 Å². The zero-order valence-electron chi connectivity index (χ0n) is 26.5. The van der Waals surface area contributed by atoms with Crippen LogP contribution in [0.15, 0.2) is 78.9 Å². The van der Waals surface area contributed by atoms with Crippen molar-refractivity contribution in [3.8, 4) is 0 Å². The van der Waals surface area contributed by atoms with Gasteiger partial charge in [-0.15, -0.1) is 0 Å². The second-order valence-corrected chi connectivity index (χ2v) is 12.9. The lowest BCUT2D eigenvalue weighted by atomic mass is 9.81. The van der Waals surface area contributed by atoms with Crippen LogP contribution in [0.4, 0.5) is 10.5 Å². The normalized spacial score (nSPS) is 20.7. The summed E-state index contributed by atoms with van der Waals surface area (Å²) in [4.78, 5) is 58.7. The first kappa shape index (κ1) is 31.5. The molecule has 46 heavy (non-hydrogen) atoms. The Kier molecular flexibility index (Phi) is 9.78. The molecular formula is C37H43N5O4. The molecule has 3 aromatic rings. The first-order chi connectivity index (χ1) is 22.3. The van der Waals surface area contributed by atoms with Crippen molar-refractivity contribution < 1.29 is 19.2 Å². The van der Waals surface area contributed by atoms with Crippen molar-refractivity contribution in [2.24, 2.45) is 5.92 Å². The molecule has 5 amide bonds. The number of likely N-dealkylation sites (tertiary alicyclic amines) is 1. The summed E-state index contributed by atoms with van der Waals surface area (Å²) in [7, 11) is 0. The van der Waals surface area contributed by atoms with Gasteiger partial charge in [-0.05, 0) is 68.0 Å². The van der Waals surface area contributed by atoms with Crippen LogP contribution in [0.2, 0.25) is 0 Å². The number of amides is 5. The third kappa shape index (κ3) is 7.48. The molecule has 0 bridgehead atoms. The number of urea groups is 1. The Balaban J connectivity index is 1.05. The molecular weight excluding hydrogens is 578 g/mol. The fourth-order valence-electron chi connectivity index (χ4n) is 6.98. The smallest absolute Gasteiger partial charge is 0.327 e. The van der Waals surface area contributed by atoms with Crippen molar-refractivity contribution in [3.63, 3.8) is 0 Å². The maximum atomic E-state index is 13.7. The van der Waals surface area contributed by atoms with E-state index in [-0.39, 0.29) is 48.8 Å². The highest BCUT2D eigenvalue weighted by Gasteiger charge is 2.47. The van der Waals surface area contributed by atoms with Crippen LogP contribution >= 0.6 is 0 Å². The summed E-state index contributed by atoms with van der Waals surface area (Å²) in [5.74, 6) is -0.893. The van der Waals surface area contributed by atoms with Gasteiger partial charge in [0.1, 0.15) is 6.54 Å². The number of fused-ring (bicyclic) bond motifs is 1. The molecule has 3 aromatic carbocycles. The second kappa shape index (κ2) is 14.3. The van der Waals surface area contributed by atoms with Crippen LogP contribution in [0.1, 0.15) is 65.6 Å². The lowest BCUT2D eigenvalue weighted by molar-refractivity contribution is -0.142. The lowest BCUT2D eigenvalue weighted by Gasteiger charge is -2.46. The minimum Gasteiger partial charge on any atom is -0.349 e. The van der Waals surface area contributed by atoms with E-state index in [9.17, 15) is 19.2 Å².